The summed E-state index contributed by atoms with van der Waals surface area (Å²) in [6, 6.07) is 8.36. The van der Waals surface area contributed by atoms with E-state index in [2.05, 4.69) is 22.3 Å². The van der Waals surface area contributed by atoms with Gasteiger partial charge in [-0.3, -0.25) is 0 Å². The summed E-state index contributed by atoms with van der Waals surface area (Å²) in [5, 5.41) is 3.36. The SMILES string of the molecule is COCCCOc1ccc(N2CCNCC2)cc1. The van der Waals surface area contributed by atoms with Crippen LogP contribution in [0.1, 0.15) is 6.42 Å². The third-order valence-corrected chi connectivity index (χ3v) is 3.08. The summed E-state index contributed by atoms with van der Waals surface area (Å²) in [6.07, 6.45) is 0.927. The van der Waals surface area contributed by atoms with Crippen LogP contribution in [0.5, 0.6) is 5.75 Å². The van der Waals surface area contributed by atoms with Gasteiger partial charge in [0.25, 0.3) is 0 Å². The van der Waals surface area contributed by atoms with Gasteiger partial charge in [-0.15, -0.1) is 0 Å². The molecule has 4 heteroatoms. The minimum atomic E-state index is 0.709. The van der Waals surface area contributed by atoms with E-state index < -0.39 is 0 Å². The molecule has 0 spiro atoms. The standard InChI is InChI=1S/C14H22N2O2/c1-17-11-2-12-18-14-5-3-13(4-6-14)16-9-7-15-8-10-16/h3-6,15H,2,7-12H2,1H3. The number of anilines is 1. The summed E-state index contributed by atoms with van der Waals surface area (Å²) in [4.78, 5) is 2.39. The summed E-state index contributed by atoms with van der Waals surface area (Å²) in [7, 11) is 1.71. The van der Waals surface area contributed by atoms with Gasteiger partial charge in [0.1, 0.15) is 5.75 Å². The lowest BCUT2D eigenvalue weighted by molar-refractivity contribution is 0.172. The number of piperazine rings is 1. The first kappa shape index (κ1) is 13.2. The fourth-order valence-electron chi connectivity index (χ4n) is 2.07. The van der Waals surface area contributed by atoms with Crippen LogP contribution in [0.2, 0.25) is 0 Å². The molecule has 1 aromatic rings. The second kappa shape index (κ2) is 7.24. The number of methoxy groups -OCH3 is 1. The normalized spacial score (nSPS) is 15.7. The molecule has 1 heterocycles. The molecule has 1 saturated heterocycles. The maximum atomic E-state index is 5.64. The molecule has 0 amide bonds. The molecule has 4 nitrogen and oxygen atoms in total. The topological polar surface area (TPSA) is 33.7 Å². The summed E-state index contributed by atoms with van der Waals surface area (Å²) in [5.74, 6) is 0.935. The number of rotatable bonds is 6. The van der Waals surface area contributed by atoms with Crippen molar-refractivity contribution in [3.8, 4) is 5.75 Å². The molecule has 0 radical (unpaired) electrons. The van der Waals surface area contributed by atoms with Crippen molar-refractivity contribution in [1.29, 1.82) is 0 Å². The van der Waals surface area contributed by atoms with Crippen molar-refractivity contribution in [2.24, 2.45) is 0 Å². The van der Waals surface area contributed by atoms with Crippen LogP contribution in [0.15, 0.2) is 24.3 Å². The van der Waals surface area contributed by atoms with Gasteiger partial charge in [0.15, 0.2) is 0 Å². The van der Waals surface area contributed by atoms with E-state index in [1.807, 2.05) is 12.1 Å². The van der Waals surface area contributed by atoms with Crippen LogP contribution in [0.4, 0.5) is 5.69 Å². The minimum absolute atomic E-state index is 0.709. The maximum Gasteiger partial charge on any atom is 0.119 e. The van der Waals surface area contributed by atoms with Gasteiger partial charge in [-0.2, -0.15) is 0 Å². The first-order chi connectivity index (χ1) is 8.90. The first-order valence-corrected chi connectivity index (χ1v) is 6.57. The number of ether oxygens (including phenoxy) is 2. The summed E-state index contributed by atoms with van der Waals surface area (Å²) < 4.78 is 10.6. The molecule has 1 aliphatic heterocycles. The number of benzene rings is 1. The zero-order valence-electron chi connectivity index (χ0n) is 11.0. The Morgan fingerprint density at radius 3 is 2.50 bits per heavy atom. The van der Waals surface area contributed by atoms with E-state index in [9.17, 15) is 0 Å². The molecule has 1 aliphatic rings. The third-order valence-electron chi connectivity index (χ3n) is 3.08. The summed E-state index contributed by atoms with van der Waals surface area (Å²) >= 11 is 0. The van der Waals surface area contributed by atoms with Gasteiger partial charge < -0.3 is 19.7 Å². The van der Waals surface area contributed by atoms with Gasteiger partial charge in [0, 0.05) is 52.0 Å². The molecule has 0 aliphatic carbocycles. The van der Waals surface area contributed by atoms with Crippen LogP contribution < -0.4 is 15.0 Å². The number of nitrogens with zero attached hydrogens (tertiary/aromatic N) is 1. The minimum Gasteiger partial charge on any atom is -0.494 e. The molecule has 2 rings (SSSR count). The van der Waals surface area contributed by atoms with Gasteiger partial charge >= 0.3 is 0 Å². The zero-order valence-corrected chi connectivity index (χ0v) is 11.0. The smallest absolute Gasteiger partial charge is 0.119 e. The van der Waals surface area contributed by atoms with Gasteiger partial charge in [-0.05, 0) is 24.3 Å². The van der Waals surface area contributed by atoms with Crippen LogP contribution >= 0.6 is 0 Å². The molecule has 0 aromatic heterocycles. The van der Waals surface area contributed by atoms with Crippen molar-refractivity contribution in [2.75, 3.05) is 51.4 Å². The van der Waals surface area contributed by atoms with Gasteiger partial charge in [-0.1, -0.05) is 0 Å². The lowest BCUT2D eigenvalue weighted by Crippen LogP contribution is -2.43. The molecule has 1 aromatic carbocycles. The highest BCUT2D eigenvalue weighted by Crippen LogP contribution is 2.19. The van der Waals surface area contributed by atoms with Crippen molar-refractivity contribution in [2.45, 2.75) is 6.42 Å². The molecular formula is C14H22N2O2. The highest BCUT2D eigenvalue weighted by atomic mass is 16.5. The second-order valence-electron chi connectivity index (χ2n) is 4.43. The van der Waals surface area contributed by atoms with Crippen LogP contribution in [-0.4, -0.2) is 46.5 Å². The molecular weight excluding hydrogens is 228 g/mol. The highest BCUT2D eigenvalue weighted by Gasteiger charge is 2.09. The molecule has 0 bridgehead atoms. The molecule has 100 valence electrons. The van der Waals surface area contributed by atoms with Crippen molar-refractivity contribution in [3.05, 3.63) is 24.3 Å². The summed E-state index contributed by atoms with van der Waals surface area (Å²) in [5.41, 5.74) is 1.28. The van der Waals surface area contributed by atoms with Crippen LogP contribution in [0.3, 0.4) is 0 Å². The molecule has 18 heavy (non-hydrogen) atoms. The van der Waals surface area contributed by atoms with E-state index >= 15 is 0 Å². The predicted octanol–water partition coefficient (Wildman–Crippen LogP) is 1.51. The third kappa shape index (κ3) is 3.89. The number of hydrogen-bond donors (Lipinski definition) is 1. The molecule has 0 atom stereocenters. The number of nitrogens with one attached hydrogen (secondary N) is 1. The van der Waals surface area contributed by atoms with Gasteiger partial charge in [0.2, 0.25) is 0 Å². The Kier molecular flexibility index (Phi) is 5.30. The van der Waals surface area contributed by atoms with Crippen LogP contribution in [-0.2, 0) is 4.74 Å². The van der Waals surface area contributed by atoms with Crippen LogP contribution in [0, 0.1) is 0 Å². The maximum absolute atomic E-state index is 5.64. The van der Waals surface area contributed by atoms with Crippen molar-refractivity contribution in [1.82, 2.24) is 5.32 Å². The van der Waals surface area contributed by atoms with Crippen molar-refractivity contribution in [3.63, 3.8) is 0 Å². The van der Waals surface area contributed by atoms with E-state index in [0.717, 1.165) is 45.0 Å². The van der Waals surface area contributed by atoms with E-state index in [1.165, 1.54) is 5.69 Å². The van der Waals surface area contributed by atoms with Gasteiger partial charge in [0.05, 0.1) is 6.61 Å². The highest BCUT2D eigenvalue weighted by molar-refractivity contribution is 5.49. The van der Waals surface area contributed by atoms with Crippen molar-refractivity contribution >= 4 is 5.69 Å². The largest absolute Gasteiger partial charge is 0.494 e. The van der Waals surface area contributed by atoms with E-state index in [4.69, 9.17) is 9.47 Å². The first-order valence-electron chi connectivity index (χ1n) is 6.57. The fraction of sp³-hybridized carbons (Fsp3) is 0.571. The van der Waals surface area contributed by atoms with Gasteiger partial charge in [-0.25, -0.2) is 0 Å². The lowest BCUT2D eigenvalue weighted by atomic mass is 10.2. The second-order valence-corrected chi connectivity index (χ2v) is 4.43. The van der Waals surface area contributed by atoms with E-state index in [-0.39, 0.29) is 0 Å². The van der Waals surface area contributed by atoms with Crippen molar-refractivity contribution < 1.29 is 9.47 Å². The molecule has 1 fully saturated rings. The molecule has 0 saturated carbocycles. The van der Waals surface area contributed by atoms with E-state index in [0.29, 0.717) is 6.61 Å². The Morgan fingerprint density at radius 2 is 1.83 bits per heavy atom. The van der Waals surface area contributed by atoms with E-state index in [1.54, 1.807) is 7.11 Å². The Morgan fingerprint density at radius 1 is 1.11 bits per heavy atom. The quantitative estimate of drug-likeness (QED) is 0.776. The zero-order chi connectivity index (χ0) is 12.6. The van der Waals surface area contributed by atoms with Crippen LogP contribution in [0.25, 0.3) is 0 Å². The average molecular weight is 250 g/mol. The number of hydrogen-bond acceptors (Lipinski definition) is 4. The Hall–Kier alpha value is -1.26. The lowest BCUT2D eigenvalue weighted by Gasteiger charge is -2.29. The average Bonchev–Trinajstić information content (AvgIpc) is 2.45. The molecule has 1 N–H and O–H groups in total. The summed E-state index contributed by atoms with van der Waals surface area (Å²) in [6.45, 7) is 5.74. The Balaban J connectivity index is 1.81. The Labute approximate surface area is 109 Å². The molecule has 0 unspecified atom stereocenters. The monoisotopic (exact) mass is 250 g/mol. The Bertz CT molecular complexity index is 334. The predicted molar refractivity (Wildman–Crippen MR) is 73.5 cm³/mol. The fourth-order valence-corrected chi connectivity index (χ4v) is 2.07.